The van der Waals surface area contributed by atoms with E-state index in [-0.39, 0.29) is 0 Å². The molecule has 0 fully saturated rings. The van der Waals surface area contributed by atoms with Gasteiger partial charge in [-0.3, -0.25) is 5.10 Å². The Morgan fingerprint density at radius 1 is 1.29 bits per heavy atom. The van der Waals surface area contributed by atoms with Crippen LogP contribution >= 0.6 is 0 Å². The lowest BCUT2D eigenvalue weighted by Gasteiger charge is -2.09. The maximum Gasteiger partial charge on any atom is 0.174 e. The van der Waals surface area contributed by atoms with Crippen LogP contribution in [0.15, 0.2) is 18.2 Å². The third-order valence-electron chi connectivity index (χ3n) is 2.95. The van der Waals surface area contributed by atoms with Crippen molar-refractivity contribution in [2.24, 2.45) is 0 Å². The van der Waals surface area contributed by atoms with Crippen LogP contribution in [0.2, 0.25) is 0 Å². The summed E-state index contributed by atoms with van der Waals surface area (Å²) in [7, 11) is 0. The Balaban J connectivity index is 2.45. The fourth-order valence-electron chi connectivity index (χ4n) is 1.93. The number of hydrogen-bond acceptors (Lipinski definition) is 5. The van der Waals surface area contributed by atoms with Gasteiger partial charge in [0.05, 0.1) is 35.1 Å². The normalized spacial score (nSPS) is 11.5. The molecular weight excluding hydrogens is 268 g/mol. The molecule has 1 unspecified atom stereocenters. The molecule has 0 bridgehead atoms. The van der Waals surface area contributed by atoms with Gasteiger partial charge in [-0.15, -0.1) is 0 Å². The van der Waals surface area contributed by atoms with Gasteiger partial charge >= 0.3 is 0 Å². The summed E-state index contributed by atoms with van der Waals surface area (Å²) in [6, 6.07) is 8.53. The molecule has 6 nitrogen and oxygen atoms in total. The molecule has 1 heterocycles. The monoisotopic (exact) mass is 282 g/mol. The Morgan fingerprint density at radius 2 is 1.90 bits per heavy atom. The van der Waals surface area contributed by atoms with Gasteiger partial charge < -0.3 is 9.84 Å². The predicted molar refractivity (Wildman–Crippen MR) is 74.5 cm³/mol. The molecule has 6 heteroatoms. The minimum absolute atomic E-state index is 0.337. The fraction of sp³-hybridized carbons (Fsp3) is 0.267. The zero-order chi connectivity index (χ0) is 15.4. The number of aromatic amines is 1. The van der Waals surface area contributed by atoms with E-state index in [2.05, 4.69) is 10.2 Å². The molecule has 0 amide bonds. The van der Waals surface area contributed by atoms with Crippen LogP contribution in [0.3, 0.4) is 0 Å². The van der Waals surface area contributed by atoms with Crippen molar-refractivity contribution in [3.05, 3.63) is 40.7 Å². The van der Waals surface area contributed by atoms with E-state index in [1.54, 1.807) is 19.1 Å². The number of aromatic nitrogens is 2. The highest BCUT2D eigenvalue weighted by Crippen LogP contribution is 2.32. The highest BCUT2D eigenvalue weighted by molar-refractivity contribution is 5.48. The lowest BCUT2D eigenvalue weighted by Crippen LogP contribution is -1.97. The summed E-state index contributed by atoms with van der Waals surface area (Å²) in [5.74, 6) is 0.801. The number of aliphatic hydroxyl groups is 1. The van der Waals surface area contributed by atoms with Crippen LogP contribution in [-0.4, -0.2) is 15.3 Å². The maximum absolute atomic E-state index is 9.73. The highest BCUT2D eigenvalue weighted by atomic mass is 16.5. The summed E-state index contributed by atoms with van der Waals surface area (Å²) >= 11 is 0. The zero-order valence-corrected chi connectivity index (χ0v) is 11.7. The van der Waals surface area contributed by atoms with Crippen LogP contribution in [0.1, 0.15) is 42.5 Å². The summed E-state index contributed by atoms with van der Waals surface area (Å²) in [5, 5.41) is 34.5. The van der Waals surface area contributed by atoms with Crippen LogP contribution in [0.5, 0.6) is 11.5 Å². The van der Waals surface area contributed by atoms with Crippen molar-refractivity contribution in [3.63, 3.8) is 0 Å². The molecule has 1 aromatic heterocycles. The van der Waals surface area contributed by atoms with E-state index >= 15 is 0 Å². The van der Waals surface area contributed by atoms with Gasteiger partial charge in [-0.05, 0) is 31.5 Å². The van der Waals surface area contributed by atoms with Gasteiger partial charge in [0.15, 0.2) is 5.75 Å². The van der Waals surface area contributed by atoms with Crippen molar-refractivity contribution >= 4 is 0 Å². The van der Waals surface area contributed by atoms with E-state index in [1.165, 1.54) is 6.07 Å². The van der Waals surface area contributed by atoms with Gasteiger partial charge in [-0.1, -0.05) is 6.92 Å². The molecule has 0 saturated heterocycles. The summed E-state index contributed by atoms with van der Waals surface area (Å²) < 4.78 is 5.76. The van der Waals surface area contributed by atoms with Crippen molar-refractivity contribution in [2.75, 3.05) is 0 Å². The zero-order valence-electron chi connectivity index (χ0n) is 11.7. The number of nitriles is 2. The van der Waals surface area contributed by atoms with Crippen LogP contribution in [0.25, 0.3) is 0 Å². The Labute approximate surface area is 122 Å². The first-order valence-corrected chi connectivity index (χ1v) is 6.47. The minimum Gasteiger partial charge on any atom is -0.453 e. The number of nitrogens with one attached hydrogen (secondary N) is 1. The number of nitrogens with zero attached hydrogens (tertiary/aromatic N) is 3. The van der Waals surface area contributed by atoms with E-state index in [9.17, 15) is 5.11 Å². The number of rotatable bonds is 4. The Morgan fingerprint density at radius 3 is 2.38 bits per heavy atom. The molecule has 0 aliphatic carbocycles. The van der Waals surface area contributed by atoms with Crippen LogP contribution < -0.4 is 4.74 Å². The average molecular weight is 282 g/mol. The Hall–Kier alpha value is -2.83. The van der Waals surface area contributed by atoms with Gasteiger partial charge in [-0.25, -0.2) is 0 Å². The second kappa shape index (κ2) is 6.08. The molecule has 0 saturated carbocycles. The van der Waals surface area contributed by atoms with Crippen LogP contribution in [0.4, 0.5) is 0 Å². The number of H-pyrrole nitrogens is 1. The number of aryl methyl sites for hydroxylation is 1. The van der Waals surface area contributed by atoms with Gasteiger partial charge in [-0.2, -0.15) is 15.6 Å². The van der Waals surface area contributed by atoms with Crippen molar-refractivity contribution in [1.29, 1.82) is 10.5 Å². The molecule has 1 aromatic carbocycles. The third kappa shape index (κ3) is 3.02. The quantitative estimate of drug-likeness (QED) is 0.896. The predicted octanol–water partition coefficient (Wildman–Crippen LogP) is 2.56. The van der Waals surface area contributed by atoms with Crippen LogP contribution in [-0.2, 0) is 6.42 Å². The van der Waals surface area contributed by atoms with Gasteiger partial charge in [0, 0.05) is 0 Å². The molecule has 2 N–H and O–H groups in total. The first-order valence-electron chi connectivity index (χ1n) is 6.47. The molecule has 0 radical (unpaired) electrons. The second-order valence-corrected chi connectivity index (χ2v) is 4.52. The van der Waals surface area contributed by atoms with Crippen molar-refractivity contribution in [3.8, 4) is 23.6 Å². The standard InChI is InChI=1S/C15H14N4O2/c1-3-13-15(14(9(2)20)19-18-13)21-12-5-10(7-16)4-11(6-12)8-17/h4-6,9,20H,3H2,1-2H3,(H,18,19). The summed E-state index contributed by atoms with van der Waals surface area (Å²) in [6.07, 6.45) is -0.135. The molecule has 21 heavy (non-hydrogen) atoms. The number of ether oxygens (including phenoxy) is 1. The van der Waals surface area contributed by atoms with E-state index in [0.717, 1.165) is 5.69 Å². The van der Waals surface area contributed by atoms with E-state index < -0.39 is 6.10 Å². The van der Waals surface area contributed by atoms with Crippen LogP contribution in [0, 0.1) is 22.7 Å². The summed E-state index contributed by atoms with van der Waals surface area (Å²) in [4.78, 5) is 0. The lowest BCUT2D eigenvalue weighted by atomic mass is 10.1. The van der Waals surface area contributed by atoms with Gasteiger partial charge in [0.1, 0.15) is 11.4 Å². The molecule has 0 spiro atoms. The third-order valence-corrected chi connectivity index (χ3v) is 2.95. The lowest BCUT2D eigenvalue weighted by molar-refractivity contribution is 0.190. The smallest absolute Gasteiger partial charge is 0.174 e. The number of aliphatic hydroxyl groups excluding tert-OH is 1. The largest absolute Gasteiger partial charge is 0.453 e. The molecular formula is C15H14N4O2. The fourth-order valence-corrected chi connectivity index (χ4v) is 1.93. The number of benzene rings is 1. The molecule has 1 atom stereocenters. The molecule has 2 aromatic rings. The molecule has 0 aliphatic rings. The average Bonchev–Trinajstić information content (AvgIpc) is 2.89. The highest BCUT2D eigenvalue weighted by Gasteiger charge is 2.18. The van der Waals surface area contributed by atoms with Crippen molar-refractivity contribution in [2.45, 2.75) is 26.4 Å². The number of hydrogen-bond donors (Lipinski definition) is 2. The van der Waals surface area contributed by atoms with E-state index in [4.69, 9.17) is 15.3 Å². The SMILES string of the molecule is CCc1[nH]nc(C(C)O)c1Oc1cc(C#N)cc(C#N)c1. The van der Waals surface area contributed by atoms with E-state index in [1.807, 2.05) is 19.1 Å². The molecule has 2 rings (SSSR count). The Kier molecular flexibility index (Phi) is 4.22. The van der Waals surface area contributed by atoms with Crippen molar-refractivity contribution in [1.82, 2.24) is 10.2 Å². The topological polar surface area (TPSA) is 106 Å². The second-order valence-electron chi connectivity index (χ2n) is 4.52. The Bertz CT molecular complexity index is 703. The minimum atomic E-state index is -0.786. The first kappa shape index (κ1) is 14.6. The van der Waals surface area contributed by atoms with Gasteiger partial charge in [0.2, 0.25) is 0 Å². The molecule has 106 valence electrons. The maximum atomic E-state index is 9.73. The van der Waals surface area contributed by atoms with Gasteiger partial charge in [0.25, 0.3) is 0 Å². The first-order chi connectivity index (χ1) is 10.1. The summed E-state index contributed by atoms with van der Waals surface area (Å²) in [6.45, 7) is 3.52. The van der Waals surface area contributed by atoms with E-state index in [0.29, 0.717) is 34.7 Å². The van der Waals surface area contributed by atoms with Crippen molar-refractivity contribution < 1.29 is 9.84 Å². The summed E-state index contributed by atoms with van der Waals surface area (Å²) in [5.41, 5.74) is 1.81. The molecule has 0 aliphatic heterocycles.